The highest BCUT2D eigenvalue weighted by Crippen LogP contribution is 2.39. The van der Waals surface area contributed by atoms with Crippen LogP contribution in [-0.4, -0.2) is 18.9 Å². The summed E-state index contributed by atoms with van der Waals surface area (Å²) in [6.45, 7) is 1.86. The van der Waals surface area contributed by atoms with Crippen molar-refractivity contribution in [2.45, 2.75) is 19.2 Å². The lowest BCUT2D eigenvalue weighted by Gasteiger charge is -2.21. The maximum absolute atomic E-state index is 12.8. The van der Waals surface area contributed by atoms with E-state index in [1.165, 1.54) is 16.9 Å². The molecule has 1 aliphatic heterocycles. The van der Waals surface area contributed by atoms with Crippen molar-refractivity contribution in [3.05, 3.63) is 62.9 Å². The Balaban J connectivity index is 2.08. The van der Waals surface area contributed by atoms with Crippen molar-refractivity contribution >= 4 is 22.7 Å². The molecule has 1 aromatic heterocycles. The SMILES string of the molecule is [2H]C1([2H])C(=O)c2sccc2C(=C2CCNCC2)c2ccccc21. The van der Waals surface area contributed by atoms with Crippen molar-refractivity contribution in [1.82, 2.24) is 5.32 Å². The van der Waals surface area contributed by atoms with E-state index in [2.05, 4.69) is 5.32 Å². The Morgan fingerprint density at radius 3 is 2.76 bits per heavy atom. The highest BCUT2D eigenvalue weighted by molar-refractivity contribution is 7.12. The highest BCUT2D eigenvalue weighted by Gasteiger charge is 2.26. The van der Waals surface area contributed by atoms with Crippen molar-refractivity contribution < 1.29 is 7.54 Å². The molecule has 4 rings (SSSR count). The van der Waals surface area contributed by atoms with Crippen LogP contribution in [0.25, 0.3) is 5.57 Å². The number of piperidine rings is 1. The number of fused-ring (bicyclic) bond motifs is 2. The summed E-state index contributed by atoms with van der Waals surface area (Å²) in [6, 6.07) is 9.43. The summed E-state index contributed by atoms with van der Waals surface area (Å²) < 4.78 is 16.8. The van der Waals surface area contributed by atoms with Crippen LogP contribution >= 0.6 is 11.3 Å². The molecule has 106 valence electrons. The van der Waals surface area contributed by atoms with Crippen molar-refractivity contribution in [2.24, 2.45) is 0 Å². The summed E-state index contributed by atoms with van der Waals surface area (Å²) in [5.74, 6) is -0.417. The van der Waals surface area contributed by atoms with E-state index in [-0.39, 0.29) is 0 Å². The fourth-order valence-corrected chi connectivity index (χ4v) is 3.97. The van der Waals surface area contributed by atoms with Crippen LogP contribution in [0.3, 0.4) is 0 Å². The predicted molar refractivity (Wildman–Crippen MR) is 86.9 cm³/mol. The number of benzene rings is 1. The van der Waals surface area contributed by atoms with Gasteiger partial charge in [0, 0.05) is 14.7 Å². The third kappa shape index (κ3) is 2.17. The molecule has 1 saturated heterocycles. The zero-order chi connectivity index (χ0) is 16.0. The molecule has 1 aromatic carbocycles. The van der Waals surface area contributed by atoms with Gasteiger partial charge in [-0.3, -0.25) is 4.79 Å². The molecule has 1 aliphatic carbocycles. The van der Waals surface area contributed by atoms with Gasteiger partial charge in [0.25, 0.3) is 0 Å². The number of carbonyl (C=O) groups is 1. The molecule has 2 nitrogen and oxygen atoms in total. The van der Waals surface area contributed by atoms with Gasteiger partial charge in [0.15, 0.2) is 5.78 Å². The standard InChI is InChI=1S/C18H17NOS/c20-16-11-13-3-1-2-4-14(13)17(12-5-8-19-9-6-12)15-7-10-21-18(15)16/h1-4,7,10,19H,5-6,8-9,11H2/i11D2. The highest BCUT2D eigenvalue weighted by atomic mass is 32.1. The van der Waals surface area contributed by atoms with Crippen molar-refractivity contribution in [3.63, 3.8) is 0 Å². The maximum Gasteiger partial charge on any atom is 0.177 e. The zero-order valence-corrected chi connectivity index (χ0v) is 12.4. The molecule has 1 N–H and O–H groups in total. The lowest BCUT2D eigenvalue weighted by Crippen LogP contribution is -2.24. The molecule has 2 heterocycles. The number of ketones is 1. The normalized spacial score (nSPS) is 22.0. The van der Waals surface area contributed by atoms with Crippen LogP contribution in [0.4, 0.5) is 0 Å². The van der Waals surface area contributed by atoms with E-state index in [1.54, 1.807) is 6.07 Å². The Kier molecular flexibility index (Phi) is 2.73. The smallest absolute Gasteiger partial charge is 0.177 e. The number of carbonyl (C=O) groups excluding carboxylic acids is 1. The molecule has 2 aliphatic rings. The van der Waals surface area contributed by atoms with Gasteiger partial charge in [-0.2, -0.15) is 0 Å². The van der Waals surface area contributed by atoms with Crippen LogP contribution in [0.1, 0.15) is 41.9 Å². The molecule has 0 atom stereocenters. The fourth-order valence-electron chi connectivity index (χ4n) is 3.18. The van der Waals surface area contributed by atoms with Crippen LogP contribution in [0.15, 0.2) is 41.3 Å². The summed E-state index contributed by atoms with van der Waals surface area (Å²) in [5, 5.41) is 5.26. The Labute approximate surface area is 131 Å². The molecular weight excluding hydrogens is 278 g/mol. The number of hydrogen-bond donors (Lipinski definition) is 1. The minimum atomic E-state index is -1.98. The van der Waals surface area contributed by atoms with Gasteiger partial charge >= 0.3 is 0 Å². The van der Waals surface area contributed by atoms with Crippen molar-refractivity contribution in [2.75, 3.05) is 13.1 Å². The van der Waals surface area contributed by atoms with Gasteiger partial charge < -0.3 is 5.32 Å². The van der Waals surface area contributed by atoms with Gasteiger partial charge in [-0.25, -0.2) is 0 Å². The first kappa shape index (κ1) is 10.9. The Morgan fingerprint density at radius 2 is 1.90 bits per heavy atom. The Morgan fingerprint density at radius 1 is 1.10 bits per heavy atom. The van der Waals surface area contributed by atoms with Crippen LogP contribution in [0, 0.1) is 0 Å². The van der Waals surface area contributed by atoms with E-state index in [0.29, 0.717) is 10.4 Å². The van der Waals surface area contributed by atoms with E-state index in [1.807, 2.05) is 29.6 Å². The first-order chi connectivity index (χ1) is 11.1. The van der Waals surface area contributed by atoms with Crippen molar-refractivity contribution in [3.8, 4) is 0 Å². The van der Waals surface area contributed by atoms with Crippen LogP contribution in [-0.2, 0) is 6.37 Å². The van der Waals surface area contributed by atoms with Gasteiger partial charge in [0.1, 0.15) is 0 Å². The number of thiophene rings is 1. The predicted octanol–water partition coefficient (Wildman–Crippen LogP) is 3.67. The van der Waals surface area contributed by atoms with Gasteiger partial charge in [-0.05, 0) is 54.1 Å². The third-order valence-corrected chi connectivity index (χ3v) is 5.06. The topological polar surface area (TPSA) is 29.1 Å². The van der Waals surface area contributed by atoms with Gasteiger partial charge in [-0.15, -0.1) is 11.3 Å². The molecule has 0 amide bonds. The van der Waals surface area contributed by atoms with E-state index in [9.17, 15) is 4.79 Å². The van der Waals surface area contributed by atoms with Gasteiger partial charge in [-0.1, -0.05) is 29.8 Å². The van der Waals surface area contributed by atoms with E-state index in [0.717, 1.165) is 42.6 Å². The second-order valence-corrected chi connectivity index (χ2v) is 6.31. The summed E-state index contributed by atoms with van der Waals surface area (Å²) in [5.41, 5.74) is 4.68. The van der Waals surface area contributed by atoms with Gasteiger partial charge in [0.2, 0.25) is 0 Å². The minimum Gasteiger partial charge on any atom is -0.316 e. The molecule has 1 fully saturated rings. The molecular formula is C18H17NOS. The van der Waals surface area contributed by atoms with E-state index >= 15 is 0 Å². The Hall–Kier alpha value is -1.71. The molecule has 0 unspecified atom stereocenters. The third-order valence-electron chi connectivity index (χ3n) is 4.15. The lowest BCUT2D eigenvalue weighted by molar-refractivity contribution is 0.0997. The second kappa shape index (κ2) is 5.24. The first-order valence-electron chi connectivity index (χ1n) is 8.26. The maximum atomic E-state index is 12.8. The number of hydrogen-bond acceptors (Lipinski definition) is 3. The molecule has 3 heteroatoms. The molecule has 0 bridgehead atoms. The van der Waals surface area contributed by atoms with Gasteiger partial charge in [0.05, 0.1) is 4.88 Å². The van der Waals surface area contributed by atoms with E-state index in [4.69, 9.17) is 2.74 Å². The average Bonchev–Trinajstić information content (AvgIpc) is 3.02. The molecule has 2 aromatic rings. The average molecular weight is 297 g/mol. The second-order valence-electron chi connectivity index (χ2n) is 5.39. The number of nitrogens with one attached hydrogen (secondary N) is 1. The molecule has 0 radical (unpaired) electrons. The zero-order valence-electron chi connectivity index (χ0n) is 13.6. The largest absolute Gasteiger partial charge is 0.316 e. The Bertz CT molecular complexity index is 814. The lowest BCUT2D eigenvalue weighted by atomic mass is 9.88. The summed E-state index contributed by atoms with van der Waals surface area (Å²) >= 11 is 1.35. The first-order valence-corrected chi connectivity index (χ1v) is 8.14. The minimum absolute atomic E-state index is 0.417. The number of Topliss-reactive ketones (excluding diaryl/α,β-unsaturated/α-hetero) is 1. The van der Waals surface area contributed by atoms with E-state index < -0.39 is 12.2 Å². The fraction of sp³-hybridized carbons (Fsp3) is 0.278. The summed E-state index contributed by atoms with van der Waals surface area (Å²) in [4.78, 5) is 13.4. The monoisotopic (exact) mass is 297 g/mol. The van der Waals surface area contributed by atoms with Crippen LogP contribution in [0.2, 0.25) is 0 Å². The molecule has 0 saturated carbocycles. The van der Waals surface area contributed by atoms with Crippen LogP contribution < -0.4 is 5.32 Å². The summed E-state index contributed by atoms with van der Waals surface area (Å²) in [7, 11) is 0. The molecule has 0 spiro atoms. The summed E-state index contributed by atoms with van der Waals surface area (Å²) in [6.07, 6.45) is -0.0995. The quantitative estimate of drug-likeness (QED) is 0.804. The van der Waals surface area contributed by atoms with Crippen LogP contribution in [0.5, 0.6) is 0 Å². The molecule has 21 heavy (non-hydrogen) atoms. The van der Waals surface area contributed by atoms with Crippen molar-refractivity contribution in [1.29, 1.82) is 0 Å². The number of rotatable bonds is 0.